The van der Waals surface area contributed by atoms with E-state index in [9.17, 15) is 4.79 Å². The third kappa shape index (κ3) is 14.3. The van der Waals surface area contributed by atoms with Crippen LogP contribution < -0.4 is 0 Å². The molecule has 1 aliphatic heterocycles. The number of methoxy groups -OCH3 is 1. The van der Waals surface area contributed by atoms with Crippen molar-refractivity contribution >= 4 is 6.29 Å². The Balaban J connectivity index is 0. The summed E-state index contributed by atoms with van der Waals surface area (Å²) in [5.41, 5.74) is 0. The zero-order chi connectivity index (χ0) is 16.7. The minimum Gasteiger partial charge on any atom is -0.381 e. The third-order valence-corrected chi connectivity index (χ3v) is 3.67. The van der Waals surface area contributed by atoms with Gasteiger partial charge < -0.3 is 14.3 Å². The lowest BCUT2D eigenvalue weighted by Gasteiger charge is -2.22. The number of carbonyl (C=O) groups is 1. The Kier molecular flexibility index (Phi) is 17.4. The average molecular weight is 302 g/mol. The van der Waals surface area contributed by atoms with Gasteiger partial charge in [0.15, 0.2) is 0 Å². The van der Waals surface area contributed by atoms with E-state index >= 15 is 0 Å². The molecule has 0 aliphatic carbocycles. The molecular weight excluding hydrogens is 264 g/mol. The van der Waals surface area contributed by atoms with E-state index in [-0.39, 0.29) is 0 Å². The van der Waals surface area contributed by atoms with Gasteiger partial charge in [-0.15, -0.1) is 0 Å². The highest BCUT2D eigenvalue weighted by Gasteiger charge is 2.15. The summed E-state index contributed by atoms with van der Waals surface area (Å²) in [5.74, 6) is 2.23. The predicted octanol–water partition coefficient (Wildman–Crippen LogP) is 4.73. The van der Waals surface area contributed by atoms with Gasteiger partial charge in [0.2, 0.25) is 0 Å². The van der Waals surface area contributed by atoms with Gasteiger partial charge in [-0.25, -0.2) is 0 Å². The van der Waals surface area contributed by atoms with Gasteiger partial charge in [-0.05, 0) is 30.6 Å². The highest BCUT2D eigenvalue weighted by molar-refractivity contribution is 5.48. The van der Waals surface area contributed by atoms with E-state index in [1.807, 2.05) is 6.92 Å². The molecule has 1 saturated heterocycles. The predicted molar refractivity (Wildman–Crippen MR) is 90.7 cm³/mol. The van der Waals surface area contributed by atoms with Gasteiger partial charge in [-0.1, -0.05) is 48.0 Å². The van der Waals surface area contributed by atoms with Crippen LogP contribution in [0, 0.1) is 17.8 Å². The minimum absolute atomic E-state index is 0.421. The van der Waals surface area contributed by atoms with Crippen LogP contribution in [0.5, 0.6) is 0 Å². The topological polar surface area (TPSA) is 35.5 Å². The maximum atomic E-state index is 9.17. The molecule has 1 aliphatic rings. The van der Waals surface area contributed by atoms with Crippen molar-refractivity contribution in [2.45, 2.75) is 73.3 Å². The first-order valence-corrected chi connectivity index (χ1v) is 8.48. The molecule has 0 radical (unpaired) electrons. The zero-order valence-corrected chi connectivity index (χ0v) is 15.4. The number of ether oxygens (including phenoxy) is 2. The normalized spacial score (nSPS) is 15.3. The molecule has 0 N–H and O–H groups in total. The standard InChI is InChI=1S/C8H18O.C7H14O.C3H6O/c1-6(2)8(9-5)7(3)4;1-2-7-3-5-8-6-4-7;1-2-3-4/h6-8H,1-5H3;7H,2-6H2,1H3;3H,2H2,1H3. The monoisotopic (exact) mass is 302 g/mol. The van der Waals surface area contributed by atoms with Crippen molar-refractivity contribution in [2.75, 3.05) is 20.3 Å². The van der Waals surface area contributed by atoms with Gasteiger partial charge in [0, 0.05) is 26.7 Å². The van der Waals surface area contributed by atoms with Gasteiger partial charge >= 0.3 is 0 Å². The smallest absolute Gasteiger partial charge is 0.119 e. The molecule has 3 nitrogen and oxygen atoms in total. The molecule has 0 saturated carbocycles. The Hall–Kier alpha value is -0.410. The number of aldehydes is 1. The summed E-state index contributed by atoms with van der Waals surface area (Å²) in [6.45, 7) is 14.8. The molecule has 0 aromatic carbocycles. The number of hydrogen-bond acceptors (Lipinski definition) is 3. The summed E-state index contributed by atoms with van der Waals surface area (Å²) in [6.07, 6.45) is 5.85. The largest absolute Gasteiger partial charge is 0.381 e. The summed E-state index contributed by atoms with van der Waals surface area (Å²) >= 11 is 0. The third-order valence-electron chi connectivity index (χ3n) is 3.67. The SMILES string of the molecule is CCC1CCOCC1.CCC=O.COC(C(C)C)C(C)C. The van der Waals surface area contributed by atoms with Crippen LogP contribution >= 0.6 is 0 Å². The second kappa shape index (κ2) is 16.0. The minimum atomic E-state index is 0.421. The molecule has 1 rings (SSSR count). The summed E-state index contributed by atoms with van der Waals surface area (Å²) in [6, 6.07) is 0. The fourth-order valence-electron chi connectivity index (χ4n) is 2.47. The van der Waals surface area contributed by atoms with Gasteiger partial charge in [0.1, 0.15) is 6.29 Å². The van der Waals surface area contributed by atoms with Crippen LogP contribution in [-0.2, 0) is 14.3 Å². The summed E-state index contributed by atoms with van der Waals surface area (Å²) in [7, 11) is 1.78. The highest BCUT2D eigenvalue weighted by Crippen LogP contribution is 2.17. The van der Waals surface area contributed by atoms with E-state index in [1.54, 1.807) is 7.11 Å². The molecule has 0 spiro atoms. The van der Waals surface area contributed by atoms with Crippen molar-refractivity contribution in [1.29, 1.82) is 0 Å². The molecule has 0 bridgehead atoms. The molecular formula is C18H38O3. The van der Waals surface area contributed by atoms with Crippen molar-refractivity contribution < 1.29 is 14.3 Å². The maximum absolute atomic E-state index is 9.17. The van der Waals surface area contributed by atoms with E-state index in [4.69, 9.17) is 9.47 Å². The first-order chi connectivity index (χ1) is 9.94. The molecule has 0 aromatic heterocycles. The van der Waals surface area contributed by atoms with Crippen LogP contribution in [0.25, 0.3) is 0 Å². The number of rotatable bonds is 5. The van der Waals surface area contributed by atoms with Crippen molar-refractivity contribution in [3.8, 4) is 0 Å². The highest BCUT2D eigenvalue weighted by atomic mass is 16.5. The van der Waals surface area contributed by atoms with Crippen LogP contribution in [0.4, 0.5) is 0 Å². The van der Waals surface area contributed by atoms with Crippen LogP contribution in [0.1, 0.15) is 67.2 Å². The average Bonchev–Trinajstić information content (AvgIpc) is 2.49. The second-order valence-electron chi connectivity index (χ2n) is 6.23. The first kappa shape index (κ1) is 22.9. The summed E-state index contributed by atoms with van der Waals surface area (Å²) in [4.78, 5) is 9.17. The Morgan fingerprint density at radius 1 is 1.10 bits per heavy atom. The van der Waals surface area contributed by atoms with Crippen molar-refractivity contribution in [1.82, 2.24) is 0 Å². The van der Waals surface area contributed by atoms with Crippen LogP contribution in [0.2, 0.25) is 0 Å². The fourth-order valence-corrected chi connectivity index (χ4v) is 2.47. The molecule has 0 unspecified atom stereocenters. The molecule has 0 amide bonds. The lowest BCUT2D eigenvalue weighted by atomic mass is 9.96. The zero-order valence-electron chi connectivity index (χ0n) is 15.4. The van der Waals surface area contributed by atoms with E-state index in [0.29, 0.717) is 24.4 Å². The Bertz CT molecular complexity index is 201. The molecule has 1 heterocycles. The van der Waals surface area contributed by atoms with E-state index in [0.717, 1.165) is 25.4 Å². The van der Waals surface area contributed by atoms with E-state index in [1.165, 1.54) is 19.3 Å². The van der Waals surface area contributed by atoms with E-state index in [2.05, 4.69) is 34.6 Å². The molecule has 128 valence electrons. The van der Waals surface area contributed by atoms with Gasteiger partial charge in [0.25, 0.3) is 0 Å². The molecule has 1 fully saturated rings. The molecule has 0 atom stereocenters. The quantitative estimate of drug-likeness (QED) is 0.689. The van der Waals surface area contributed by atoms with Crippen LogP contribution in [0.15, 0.2) is 0 Å². The summed E-state index contributed by atoms with van der Waals surface area (Å²) in [5, 5.41) is 0. The first-order valence-electron chi connectivity index (χ1n) is 8.48. The van der Waals surface area contributed by atoms with E-state index < -0.39 is 0 Å². The van der Waals surface area contributed by atoms with Crippen molar-refractivity contribution in [2.24, 2.45) is 17.8 Å². The van der Waals surface area contributed by atoms with Crippen molar-refractivity contribution in [3.05, 3.63) is 0 Å². The molecule has 21 heavy (non-hydrogen) atoms. The lowest BCUT2D eigenvalue weighted by Crippen LogP contribution is -2.23. The maximum Gasteiger partial charge on any atom is 0.119 e. The number of hydrogen-bond donors (Lipinski definition) is 0. The van der Waals surface area contributed by atoms with Gasteiger partial charge in [-0.3, -0.25) is 0 Å². The number of carbonyl (C=O) groups excluding carboxylic acids is 1. The molecule has 3 heteroatoms. The Morgan fingerprint density at radius 3 is 1.67 bits per heavy atom. The Morgan fingerprint density at radius 2 is 1.52 bits per heavy atom. The second-order valence-corrected chi connectivity index (χ2v) is 6.23. The van der Waals surface area contributed by atoms with Crippen molar-refractivity contribution in [3.63, 3.8) is 0 Å². The lowest BCUT2D eigenvalue weighted by molar-refractivity contribution is -0.107. The van der Waals surface area contributed by atoms with Gasteiger partial charge in [-0.2, -0.15) is 0 Å². The molecule has 0 aromatic rings. The van der Waals surface area contributed by atoms with Gasteiger partial charge in [0.05, 0.1) is 6.10 Å². The summed E-state index contributed by atoms with van der Waals surface area (Å²) < 4.78 is 10.5. The Labute approximate surface area is 132 Å². The van der Waals surface area contributed by atoms with Crippen LogP contribution in [0.3, 0.4) is 0 Å². The van der Waals surface area contributed by atoms with Crippen LogP contribution in [-0.4, -0.2) is 32.7 Å². The fraction of sp³-hybridized carbons (Fsp3) is 0.944.